The minimum atomic E-state index is 0.787. The zero-order valence-electron chi connectivity index (χ0n) is 13.0. The zero-order valence-corrected chi connectivity index (χ0v) is 13.7. The second kappa shape index (κ2) is 6.21. The minimum Gasteiger partial charge on any atom is -0.353 e. The van der Waals surface area contributed by atoms with Crippen LogP contribution in [0, 0.1) is 0 Å². The van der Waals surface area contributed by atoms with Crippen molar-refractivity contribution in [1.82, 2.24) is 4.98 Å². The molecule has 0 amide bonds. The van der Waals surface area contributed by atoms with Crippen LogP contribution in [0.2, 0.25) is 5.02 Å². The molecule has 0 atom stereocenters. The summed E-state index contributed by atoms with van der Waals surface area (Å²) in [5.41, 5.74) is 6.44. The molecule has 0 aliphatic heterocycles. The van der Waals surface area contributed by atoms with Gasteiger partial charge in [-0.05, 0) is 55.0 Å². The molecule has 4 rings (SSSR count). The molecule has 0 spiro atoms. The van der Waals surface area contributed by atoms with Gasteiger partial charge in [0.2, 0.25) is 0 Å². The van der Waals surface area contributed by atoms with Gasteiger partial charge in [-0.3, -0.25) is 4.99 Å². The van der Waals surface area contributed by atoms with E-state index in [1.165, 1.54) is 39.9 Å². The first-order valence-corrected chi connectivity index (χ1v) is 8.57. The van der Waals surface area contributed by atoms with Crippen molar-refractivity contribution in [3.63, 3.8) is 0 Å². The Kier molecular flexibility index (Phi) is 3.92. The number of aliphatic imine (C=N–C) groups is 1. The number of nitrogens with one attached hydrogen (secondary N) is 1. The van der Waals surface area contributed by atoms with E-state index in [9.17, 15) is 0 Å². The van der Waals surface area contributed by atoms with E-state index in [0.717, 1.165) is 30.8 Å². The normalized spacial score (nSPS) is 16.0. The molecule has 0 radical (unpaired) electrons. The molecule has 1 aliphatic rings. The number of rotatable bonds is 3. The van der Waals surface area contributed by atoms with Crippen LogP contribution in [0.5, 0.6) is 0 Å². The number of halogens is 1. The first-order valence-electron chi connectivity index (χ1n) is 8.19. The summed E-state index contributed by atoms with van der Waals surface area (Å²) in [5, 5.41) is 2.14. The standard InChI is InChI=1S/C20H19ClN2/c21-15-10-8-14(9-11-15)12-13-22-19-7-3-5-17-16-4-1-2-6-18(16)23-20(17)19/h1-2,4,6,8-11,23H,3,5,7,12-13H2. The van der Waals surface area contributed by atoms with E-state index < -0.39 is 0 Å². The SMILES string of the molecule is Clc1ccc(CCN=C2CCCc3c2[nH]c2ccccc32)cc1. The van der Waals surface area contributed by atoms with E-state index in [0.29, 0.717) is 0 Å². The van der Waals surface area contributed by atoms with Crippen molar-refractivity contribution in [2.75, 3.05) is 6.54 Å². The predicted octanol–water partition coefficient (Wildman–Crippen LogP) is 5.19. The van der Waals surface area contributed by atoms with Gasteiger partial charge in [0.25, 0.3) is 0 Å². The second-order valence-corrected chi connectivity index (χ2v) is 6.52. The van der Waals surface area contributed by atoms with Crippen LogP contribution in [0.3, 0.4) is 0 Å². The lowest BCUT2D eigenvalue weighted by molar-refractivity contribution is 0.830. The van der Waals surface area contributed by atoms with E-state index in [1.807, 2.05) is 12.1 Å². The molecular weight excluding hydrogens is 304 g/mol. The van der Waals surface area contributed by atoms with Crippen molar-refractivity contribution in [3.8, 4) is 0 Å². The van der Waals surface area contributed by atoms with E-state index in [4.69, 9.17) is 16.6 Å². The monoisotopic (exact) mass is 322 g/mol. The quantitative estimate of drug-likeness (QED) is 0.687. The third kappa shape index (κ3) is 2.91. The smallest absolute Gasteiger partial charge is 0.0637 e. The number of nitrogens with zero attached hydrogens (tertiary/aromatic N) is 1. The Morgan fingerprint density at radius 3 is 2.70 bits per heavy atom. The fraction of sp³-hybridized carbons (Fsp3) is 0.250. The summed E-state index contributed by atoms with van der Waals surface area (Å²) in [6, 6.07) is 16.6. The van der Waals surface area contributed by atoms with Gasteiger partial charge in [-0.2, -0.15) is 0 Å². The number of benzene rings is 2. The minimum absolute atomic E-state index is 0.787. The Hall–Kier alpha value is -2.06. The molecule has 0 unspecified atom stereocenters. The Morgan fingerprint density at radius 1 is 1.00 bits per heavy atom. The van der Waals surface area contributed by atoms with Gasteiger partial charge >= 0.3 is 0 Å². The molecule has 2 nitrogen and oxygen atoms in total. The van der Waals surface area contributed by atoms with Crippen molar-refractivity contribution in [2.45, 2.75) is 25.7 Å². The molecule has 1 aliphatic carbocycles. The van der Waals surface area contributed by atoms with Crippen LogP contribution < -0.4 is 0 Å². The highest BCUT2D eigenvalue weighted by molar-refractivity contribution is 6.30. The molecule has 0 saturated carbocycles. The average molecular weight is 323 g/mol. The van der Waals surface area contributed by atoms with Gasteiger partial charge in [0.05, 0.1) is 11.4 Å². The van der Waals surface area contributed by atoms with Gasteiger partial charge in [0.15, 0.2) is 0 Å². The van der Waals surface area contributed by atoms with Gasteiger partial charge < -0.3 is 4.98 Å². The maximum Gasteiger partial charge on any atom is 0.0637 e. The van der Waals surface area contributed by atoms with Gasteiger partial charge in [-0.15, -0.1) is 0 Å². The Bertz CT molecular complexity index is 859. The fourth-order valence-electron chi connectivity index (χ4n) is 3.39. The van der Waals surface area contributed by atoms with Crippen molar-refractivity contribution < 1.29 is 0 Å². The van der Waals surface area contributed by atoms with Crippen molar-refractivity contribution in [2.24, 2.45) is 4.99 Å². The number of aryl methyl sites for hydroxylation is 1. The number of aromatic amines is 1. The molecule has 23 heavy (non-hydrogen) atoms. The summed E-state index contributed by atoms with van der Waals surface area (Å²) >= 11 is 5.93. The van der Waals surface area contributed by atoms with E-state index >= 15 is 0 Å². The lowest BCUT2D eigenvalue weighted by Crippen LogP contribution is -2.12. The first-order chi connectivity index (χ1) is 11.3. The molecule has 1 heterocycles. The molecule has 3 aromatic rings. The summed E-state index contributed by atoms with van der Waals surface area (Å²) in [6.07, 6.45) is 4.36. The third-order valence-electron chi connectivity index (χ3n) is 4.56. The fourth-order valence-corrected chi connectivity index (χ4v) is 3.52. The van der Waals surface area contributed by atoms with Crippen LogP contribution in [-0.2, 0) is 12.8 Å². The summed E-state index contributed by atoms with van der Waals surface area (Å²) in [5.74, 6) is 0. The Balaban J connectivity index is 1.57. The van der Waals surface area contributed by atoms with E-state index in [-0.39, 0.29) is 0 Å². The molecule has 116 valence electrons. The van der Waals surface area contributed by atoms with Gasteiger partial charge in [0.1, 0.15) is 0 Å². The number of fused-ring (bicyclic) bond motifs is 3. The summed E-state index contributed by atoms with van der Waals surface area (Å²) in [6.45, 7) is 0.825. The van der Waals surface area contributed by atoms with Gasteiger partial charge in [-0.1, -0.05) is 41.9 Å². The number of hydrogen-bond donors (Lipinski definition) is 1. The maximum atomic E-state index is 5.93. The number of aromatic nitrogens is 1. The van der Waals surface area contributed by atoms with Gasteiger partial charge in [0, 0.05) is 22.5 Å². The maximum absolute atomic E-state index is 5.93. The molecular formula is C20H19ClN2. The third-order valence-corrected chi connectivity index (χ3v) is 4.81. The topological polar surface area (TPSA) is 28.1 Å². The Labute approximate surface area is 141 Å². The second-order valence-electron chi connectivity index (χ2n) is 6.08. The molecule has 1 aromatic heterocycles. The number of H-pyrrole nitrogens is 1. The van der Waals surface area contributed by atoms with Crippen molar-refractivity contribution in [3.05, 3.63) is 70.4 Å². The molecule has 0 fully saturated rings. The molecule has 3 heteroatoms. The molecule has 1 N–H and O–H groups in total. The summed E-state index contributed by atoms with van der Waals surface area (Å²) in [7, 11) is 0. The predicted molar refractivity (Wildman–Crippen MR) is 97.8 cm³/mol. The van der Waals surface area contributed by atoms with Crippen LogP contribution in [-0.4, -0.2) is 17.2 Å². The number of hydrogen-bond acceptors (Lipinski definition) is 1. The highest BCUT2D eigenvalue weighted by Gasteiger charge is 2.19. The van der Waals surface area contributed by atoms with Crippen LogP contribution >= 0.6 is 11.6 Å². The highest BCUT2D eigenvalue weighted by atomic mass is 35.5. The molecule has 0 saturated heterocycles. The van der Waals surface area contributed by atoms with Gasteiger partial charge in [-0.25, -0.2) is 0 Å². The van der Waals surface area contributed by atoms with E-state index in [2.05, 4.69) is 41.4 Å². The summed E-state index contributed by atoms with van der Waals surface area (Å²) < 4.78 is 0. The molecule has 0 bridgehead atoms. The average Bonchev–Trinajstić information content (AvgIpc) is 2.96. The van der Waals surface area contributed by atoms with Crippen molar-refractivity contribution in [1.29, 1.82) is 0 Å². The summed E-state index contributed by atoms with van der Waals surface area (Å²) in [4.78, 5) is 8.46. The molecule has 2 aromatic carbocycles. The van der Waals surface area contributed by atoms with Crippen LogP contribution in [0.15, 0.2) is 53.5 Å². The van der Waals surface area contributed by atoms with Crippen LogP contribution in [0.25, 0.3) is 10.9 Å². The largest absolute Gasteiger partial charge is 0.353 e. The lowest BCUT2D eigenvalue weighted by Gasteiger charge is -2.14. The Morgan fingerprint density at radius 2 is 1.83 bits per heavy atom. The number of para-hydroxylation sites is 1. The zero-order chi connectivity index (χ0) is 15.6. The van der Waals surface area contributed by atoms with Crippen molar-refractivity contribution >= 4 is 28.2 Å². The highest BCUT2D eigenvalue weighted by Crippen LogP contribution is 2.29. The van der Waals surface area contributed by atoms with E-state index in [1.54, 1.807) is 0 Å². The van der Waals surface area contributed by atoms with Crippen LogP contribution in [0.4, 0.5) is 0 Å². The van der Waals surface area contributed by atoms with Crippen LogP contribution in [0.1, 0.15) is 29.7 Å². The first kappa shape index (κ1) is 14.5. The lowest BCUT2D eigenvalue weighted by atomic mass is 9.94.